The number of phenolic OH excluding ortho intramolecular Hbond substituents is 2. The maximum atomic E-state index is 13.8. The Hall–Kier alpha value is -17.4. The zero-order valence-electron chi connectivity index (χ0n) is 79.6. The average Bonchev–Trinajstić information content (AvgIpc) is 1.63. The van der Waals surface area contributed by atoms with Crippen molar-refractivity contribution < 1.29 is 46.0 Å². The van der Waals surface area contributed by atoms with Crippen molar-refractivity contribution in [2.45, 2.75) is 5.51 Å². The van der Waals surface area contributed by atoms with Gasteiger partial charge in [-0.1, -0.05) is 334 Å². The molecule has 0 aliphatic rings. The fourth-order valence-corrected chi connectivity index (χ4v) is 23.6. The number of nitrogens with zero attached hydrogens (tertiary/aromatic N) is 4. The van der Waals surface area contributed by atoms with Crippen LogP contribution in [0.2, 0.25) is 0 Å². The van der Waals surface area contributed by atoms with Gasteiger partial charge in [0.1, 0.15) is 11.5 Å². The summed E-state index contributed by atoms with van der Waals surface area (Å²) in [5.74, 6) is 2.97. The summed E-state index contributed by atoms with van der Waals surface area (Å²) in [4.78, 5) is 6.42. The maximum Gasteiger partial charge on any atom is 0.534 e. The van der Waals surface area contributed by atoms with Crippen molar-refractivity contribution in [1.29, 1.82) is 0 Å². The van der Waals surface area contributed by atoms with E-state index in [4.69, 9.17) is 10.6 Å². The summed E-state index contributed by atoms with van der Waals surface area (Å²) in [6.45, 7) is 0. The van der Waals surface area contributed by atoms with Crippen LogP contribution in [0.4, 0.5) is 64.4 Å². The average molecular weight is 2080 g/mol. The number of fused-ring (bicyclic) bond motifs is 12. The number of rotatable bonds is 18. The Bertz CT molecular complexity index is 9120. The Kier molecular flexibility index (Phi) is 28.5. The van der Waals surface area contributed by atoms with E-state index in [0.717, 1.165) is 125 Å². The van der Waals surface area contributed by atoms with Gasteiger partial charge in [-0.3, -0.25) is 0 Å². The van der Waals surface area contributed by atoms with E-state index >= 15 is 0 Å². The second-order valence-electron chi connectivity index (χ2n) is 35.0. The van der Waals surface area contributed by atoms with Crippen molar-refractivity contribution in [3.63, 3.8) is 0 Å². The van der Waals surface area contributed by atoms with Crippen molar-refractivity contribution in [2.24, 2.45) is 0 Å². The highest BCUT2D eigenvalue weighted by atomic mass is 79.9. The number of halogens is 4. The van der Waals surface area contributed by atoms with Crippen molar-refractivity contribution in [1.82, 2.24) is 4.57 Å². The summed E-state index contributed by atoms with van der Waals surface area (Å²) in [6.07, 6.45) is 5.55. The number of phenols is 2. The number of aromatic nitrogens is 1. The van der Waals surface area contributed by atoms with E-state index in [9.17, 15) is 41.9 Å². The standard InChI is InChI=1S/C37H24F3NO3S2.C36H25NOS.C20H13N.C18H16BNO2.C18H11BrOS/c38-37(39,40)46(42,43)44-35-31(24-32-30-18-10-11-19-33(30)45-36(32)34(35)26-12-4-1-5-13-26)25-20-22-29(23-21-25)41(27-14-6-2-7-15-27)28-16-8-3-9-17-28;38-35-31(24-32-30-18-10-11-19-33(30)39-36(32)34(35)26-12-4-1-5-13-26)25-20-22-29(23-21-25)37(27-14-6-2-7-15-27)28-16-8-3-9-17-28;1-2-15-12-13-20-18(14-15)17-10-6-7-11-19(17)21(20)16-8-4-3-5-9-16;21-19(22)15-11-13-18(14-12-15)20(16-7-3-1-4-8-16)17-9-5-2-6-10-17;19-14-10-13-12-8-4-5-9-15(12)21-18(13)16(17(14)20)11-6-2-1-3-7-11/h1-24H;1-24,38H;1,3-14H;1-14,21-22H;1-10,20H. The van der Waals surface area contributed by atoms with Crippen LogP contribution >= 0.6 is 49.9 Å². The van der Waals surface area contributed by atoms with Crippen LogP contribution in [-0.2, 0) is 10.1 Å². The van der Waals surface area contributed by atoms with Gasteiger partial charge in [-0.2, -0.15) is 21.6 Å². The Morgan fingerprint density at radius 2 is 0.611 bits per heavy atom. The minimum atomic E-state index is -6.01. The SMILES string of the molecule is C#Cc1ccc2c(c1)c1ccccc1n2-c1ccccc1.O=S(=O)(Oc1c(-c2ccc(N(c3ccccc3)c3ccccc3)cc2)cc2c(sc3ccccc32)c1-c1ccccc1)C(F)(F)F.OB(O)c1ccc(N(c2ccccc2)c2ccccc2)cc1.Oc1c(-c2ccc(N(c3ccccc3)c3ccccc3)cc2)cc2c(sc3ccccc32)c1-c1ccccc1.Oc1c(Br)cc2c(sc3ccccc32)c1-c1ccccc1. The van der Waals surface area contributed by atoms with E-state index in [0.29, 0.717) is 32.8 Å². The van der Waals surface area contributed by atoms with E-state index in [-0.39, 0.29) is 16.9 Å². The molecule has 0 saturated carbocycles. The van der Waals surface area contributed by atoms with E-state index in [2.05, 4.69) is 241 Å². The third-order valence-corrected chi connectivity index (χ3v) is 31.0. The van der Waals surface area contributed by atoms with Crippen LogP contribution in [0.1, 0.15) is 5.56 Å². The summed E-state index contributed by atoms with van der Waals surface area (Å²) in [7, 11) is -7.46. The molecule has 21 aromatic carbocycles. The Balaban J connectivity index is 0.000000114. The number of hydrogen-bond acceptors (Lipinski definition) is 13. The van der Waals surface area contributed by atoms with E-state index in [1.165, 1.54) is 64.1 Å². The lowest BCUT2D eigenvalue weighted by molar-refractivity contribution is -0.0499. The molecule has 722 valence electrons. The lowest BCUT2D eigenvalue weighted by Crippen LogP contribution is -2.29. The van der Waals surface area contributed by atoms with Crippen molar-refractivity contribution in [3.8, 4) is 90.9 Å². The van der Waals surface area contributed by atoms with Gasteiger partial charge >= 0.3 is 22.7 Å². The van der Waals surface area contributed by atoms with Gasteiger partial charge in [0, 0.05) is 162 Å². The highest BCUT2D eigenvalue weighted by Gasteiger charge is 2.49. The molecule has 0 amide bonds. The molecule has 0 aliphatic heterocycles. The fourth-order valence-electron chi connectivity index (χ4n) is 18.9. The molecule has 0 aliphatic carbocycles. The number of thiophene rings is 3. The molecule has 0 radical (unpaired) electrons. The van der Waals surface area contributed by atoms with Crippen molar-refractivity contribution >= 4 is 206 Å². The minimum absolute atomic E-state index is 0.222. The van der Waals surface area contributed by atoms with Crippen LogP contribution in [0.3, 0.4) is 0 Å². The van der Waals surface area contributed by atoms with Crippen molar-refractivity contribution in [2.75, 3.05) is 14.7 Å². The quantitative estimate of drug-likeness (QED) is 0.0284. The first-order chi connectivity index (χ1) is 72.9. The monoisotopic (exact) mass is 2080 g/mol. The topological polar surface area (TPSA) is 139 Å². The number of anilines is 9. The molecule has 4 heterocycles. The molecule has 0 saturated heterocycles. The van der Waals surface area contributed by atoms with Gasteiger partial charge in [0.25, 0.3) is 0 Å². The van der Waals surface area contributed by atoms with Crippen LogP contribution in [0, 0.1) is 12.3 Å². The van der Waals surface area contributed by atoms with Gasteiger partial charge in [0.05, 0.1) is 15.5 Å². The molecule has 0 spiro atoms. The predicted octanol–water partition coefficient (Wildman–Crippen LogP) is 35.4. The molecule has 0 atom stereocenters. The largest absolute Gasteiger partial charge is 0.534 e. The molecule has 4 aromatic heterocycles. The molecule has 25 aromatic rings. The summed E-state index contributed by atoms with van der Waals surface area (Å²) in [6, 6.07) is 168. The number of terminal acetylenes is 1. The molecule has 20 heteroatoms. The molecule has 149 heavy (non-hydrogen) atoms. The molecular weight excluding hydrogens is 1990 g/mol. The molecule has 11 nitrogen and oxygen atoms in total. The second-order valence-corrected chi connectivity index (χ2v) is 40.6. The number of para-hydroxylation sites is 8. The number of hydrogen-bond donors (Lipinski definition) is 4. The van der Waals surface area contributed by atoms with Crippen LogP contribution in [0.15, 0.2) is 514 Å². The Morgan fingerprint density at radius 3 is 0.993 bits per heavy atom. The van der Waals surface area contributed by atoms with Gasteiger partial charge in [0.15, 0.2) is 5.75 Å². The summed E-state index contributed by atoms with van der Waals surface area (Å²) in [5, 5.41) is 49.7. The maximum absolute atomic E-state index is 13.8. The molecule has 0 unspecified atom stereocenters. The van der Waals surface area contributed by atoms with Crippen LogP contribution < -0.4 is 24.3 Å². The van der Waals surface area contributed by atoms with Crippen LogP contribution in [0.25, 0.3) is 144 Å². The first-order valence-electron chi connectivity index (χ1n) is 48.0. The predicted molar refractivity (Wildman–Crippen MR) is 621 cm³/mol. The van der Waals surface area contributed by atoms with E-state index in [1.807, 2.05) is 249 Å². The first-order valence-corrected chi connectivity index (χ1v) is 52.6. The highest BCUT2D eigenvalue weighted by molar-refractivity contribution is 9.10. The summed E-state index contributed by atoms with van der Waals surface area (Å²) in [5.41, 5.74) is 15.4. The van der Waals surface area contributed by atoms with Crippen LogP contribution in [0.5, 0.6) is 17.2 Å². The van der Waals surface area contributed by atoms with Gasteiger partial charge in [-0.05, 0) is 231 Å². The molecule has 4 N–H and O–H groups in total. The van der Waals surface area contributed by atoms with Gasteiger partial charge in [-0.15, -0.1) is 40.4 Å². The van der Waals surface area contributed by atoms with Gasteiger partial charge in [-0.25, -0.2) is 0 Å². The lowest BCUT2D eigenvalue weighted by Gasteiger charge is -2.25. The normalized spacial score (nSPS) is 11.3. The summed E-state index contributed by atoms with van der Waals surface area (Å²) < 4.78 is 81.0. The van der Waals surface area contributed by atoms with Gasteiger partial charge in [0.2, 0.25) is 0 Å². The van der Waals surface area contributed by atoms with Crippen molar-refractivity contribution in [3.05, 3.63) is 520 Å². The molecule has 0 fully saturated rings. The number of aromatic hydroxyl groups is 2. The zero-order chi connectivity index (χ0) is 102. The Morgan fingerprint density at radius 1 is 0.309 bits per heavy atom. The minimum Gasteiger partial charge on any atom is -0.507 e. The van der Waals surface area contributed by atoms with Gasteiger partial charge < -0.3 is 43.7 Å². The third kappa shape index (κ3) is 20.4. The zero-order valence-corrected chi connectivity index (χ0v) is 84.5. The smallest absolute Gasteiger partial charge is 0.507 e. The van der Waals surface area contributed by atoms with Crippen LogP contribution in [-0.4, -0.2) is 45.9 Å². The number of alkyl halides is 3. The van der Waals surface area contributed by atoms with E-state index in [1.54, 1.807) is 83.3 Å². The first kappa shape index (κ1) is 97.7. The fraction of sp³-hybridized carbons (Fsp3) is 0.00775. The summed E-state index contributed by atoms with van der Waals surface area (Å²) >= 11 is 8.32. The third-order valence-electron chi connectivity index (χ3n) is 25.8. The second kappa shape index (κ2) is 43.5. The highest BCUT2D eigenvalue weighted by Crippen LogP contribution is 2.55. The van der Waals surface area contributed by atoms with E-state index < -0.39 is 22.7 Å². The Labute approximate surface area is 880 Å². The lowest BCUT2D eigenvalue weighted by atomic mass is 9.80. The molecule has 25 rings (SSSR count). The molecular formula is C129H89BBrF3N4O7S4. The number of benzene rings is 21. The molecule has 0 bridgehead atoms.